The summed E-state index contributed by atoms with van der Waals surface area (Å²) in [6.07, 6.45) is 0. The molecule has 0 saturated carbocycles. The summed E-state index contributed by atoms with van der Waals surface area (Å²) >= 11 is 0. The molecule has 0 spiro atoms. The summed E-state index contributed by atoms with van der Waals surface area (Å²) in [5.41, 5.74) is -2.26. The van der Waals surface area contributed by atoms with E-state index in [1.165, 1.54) is 0 Å². The van der Waals surface area contributed by atoms with Gasteiger partial charge in [-0.25, -0.2) is 8.42 Å². The van der Waals surface area contributed by atoms with Crippen LogP contribution < -0.4 is 29.6 Å². The molecule has 0 rings (SSSR count). The van der Waals surface area contributed by atoms with Crippen LogP contribution in [0.2, 0.25) is 0 Å². The molecule has 0 atom stereocenters. The Balaban J connectivity index is 0. The van der Waals surface area contributed by atoms with Crippen molar-refractivity contribution in [3.63, 3.8) is 0 Å². The Kier molecular flexibility index (Phi) is 5.60. The second kappa shape index (κ2) is 4.50. The normalized spacial score (nSPS) is 13.7. The summed E-state index contributed by atoms with van der Waals surface area (Å²) < 4.78 is 55.4. The van der Waals surface area contributed by atoms with Crippen LogP contribution in [0.1, 0.15) is 13.8 Å². The standard InChI is InChI=1S/C5H10F2O4S.Na/c1-4(2,3-8)5(6,7)12(9,10)11;/h8H,3H2,1-2H3,(H,9,10,11);/q;+1/p-1. The molecule has 0 aromatic carbocycles. The number of hydrogen-bond donors (Lipinski definition) is 1. The van der Waals surface area contributed by atoms with Gasteiger partial charge in [-0.2, -0.15) is 8.78 Å². The van der Waals surface area contributed by atoms with Gasteiger partial charge >= 0.3 is 34.8 Å². The Bertz CT molecular complexity index is 262. The third-order valence-electron chi connectivity index (χ3n) is 1.50. The van der Waals surface area contributed by atoms with E-state index < -0.39 is 27.4 Å². The number of alkyl halides is 2. The molecule has 0 aliphatic rings. The second-order valence-corrected chi connectivity index (χ2v) is 4.43. The van der Waals surface area contributed by atoms with Gasteiger partial charge in [0.1, 0.15) is 0 Å². The summed E-state index contributed by atoms with van der Waals surface area (Å²) in [6.45, 7) is 0.506. The Hall–Kier alpha value is 0.730. The molecule has 0 aromatic rings. The maximum atomic E-state index is 12.6. The van der Waals surface area contributed by atoms with Crippen LogP contribution in [-0.4, -0.2) is 29.9 Å². The van der Waals surface area contributed by atoms with Crippen molar-refractivity contribution in [3.05, 3.63) is 0 Å². The summed E-state index contributed by atoms with van der Waals surface area (Å²) in [6, 6.07) is 0. The van der Waals surface area contributed by atoms with Gasteiger partial charge in [0.2, 0.25) is 0 Å². The predicted octanol–water partition coefficient (Wildman–Crippen LogP) is -2.85. The van der Waals surface area contributed by atoms with E-state index in [0.29, 0.717) is 0 Å². The van der Waals surface area contributed by atoms with Gasteiger partial charge in [0, 0.05) is 0 Å². The minimum absolute atomic E-state index is 0. The monoisotopic (exact) mass is 226 g/mol. The van der Waals surface area contributed by atoms with Crippen molar-refractivity contribution in [1.82, 2.24) is 0 Å². The fraction of sp³-hybridized carbons (Fsp3) is 1.00. The van der Waals surface area contributed by atoms with Crippen molar-refractivity contribution in [3.8, 4) is 0 Å². The van der Waals surface area contributed by atoms with Crippen molar-refractivity contribution >= 4 is 10.1 Å². The molecule has 4 nitrogen and oxygen atoms in total. The Morgan fingerprint density at radius 1 is 1.38 bits per heavy atom. The fourth-order valence-electron chi connectivity index (χ4n) is 0.430. The van der Waals surface area contributed by atoms with Gasteiger partial charge in [-0.15, -0.1) is 0 Å². The molecule has 0 aliphatic heterocycles. The summed E-state index contributed by atoms with van der Waals surface area (Å²) in [5, 5.41) is 3.96. The van der Waals surface area contributed by atoms with Gasteiger partial charge in [-0.1, -0.05) is 13.8 Å². The molecule has 8 heteroatoms. The SMILES string of the molecule is CC(C)(CO)C(F)(F)S(=O)(=O)[O-].[Na+]. The van der Waals surface area contributed by atoms with Crippen LogP contribution in [0.5, 0.6) is 0 Å². The molecule has 0 aromatic heterocycles. The number of aliphatic hydroxyl groups excluding tert-OH is 1. The molecule has 0 aliphatic carbocycles. The molecule has 1 N–H and O–H groups in total. The molecule has 0 amide bonds. The first-order valence-electron chi connectivity index (χ1n) is 3.00. The van der Waals surface area contributed by atoms with E-state index in [2.05, 4.69) is 0 Å². The van der Waals surface area contributed by atoms with Crippen LogP contribution in [0.15, 0.2) is 0 Å². The van der Waals surface area contributed by atoms with Crippen LogP contribution in [0, 0.1) is 5.41 Å². The molecule has 0 heterocycles. The number of hydrogen-bond acceptors (Lipinski definition) is 4. The molecule has 0 fully saturated rings. The van der Waals surface area contributed by atoms with Gasteiger partial charge in [0.15, 0.2) is 10.1 Å². The van der Waals surface area contributed by atoms with E-state index in [4.69, 9.17) is 5.11 Å². The predicted molar refractivity (Wildman–Crippen MR) is 35.5 cm³/mol. The molecule has 0 radical (unpaired) electrons. The van der Waals surface area contributed by atoms with Gasteiger partial charge < -0.3 is 9.66 Å². The molecule has 0 saturated heterocycles. The average molecular weight is 226 g/mol. The van der Waals surface area contributed by atoms with Crippen molar-refractivity contribution in [2.45, 2.75) is 19.1 Å². The fourth-order valence-corrected chi connectivity index (χ4v) is 1.17. The Morgan fingerprint density at radius 2 is 1.69 bits per heavy atom. The van der Waals surface area contributed by atoms with Gasteiger partial charge in [-0.05, 0) is 0 Å². The van der Waals surface area contributed by atoms with Crippen LogP contribution in [-0.2, 0) is 10.1 Å². The van der Waals surface area contributed by atoms with E-state index in [-0.39, 0.29) is 29.6 Å². The maximum Gasteiger partial charge on any atom is 1.00 e. The van der Waals surface area contributed by atoms with Crippen molar-refractivity contribution < 1.29 is 56.4 Å². The number of halogens is 2. The summed E-state index contributed by atoms with van der Waals surface area (Å²) in [4.78, 5) is 0. The molecule has 0 bridgehead atoms. The molecular formula is C5H9F2NaO4S. The zero-order valence-corrected chi connectivity index (χ0v) is 10.4. The quantitative estimate of drug-likeness (QED) is 0.415. The smallest absolute Gasteiger partial charge is 0.743 e. The minimum atomic E-state index is -5.72. The van der Waals surface area contributed by atoms with Crippen LogP contribution >= 0.6 is 0 Å². The van der Waals surface area contributed by atoms with Crippen molar-refractivity contribution in [2.24, 2.45) is 5.41 Å². The zero-order valence-electron chi connectivity index (χ0n) is 7.54. The third kappa shape index (κ3) is 3.10. The first-order chi connectivity index (χ1) is 5.06. The van der Waals surface area contributed by atoms with Crippen molar-refractivity contribution in [2.75, 3.05) is 6.61 Å². The number of rotatable bonds is 3. The van der Waals surface area contributed by atoms with E-state index in [1.807, 2.05) is 0 Å². The van der Waals surface area contributed by atoms with Gasteiger partial charge in [0.25, 0.3) is 0 Å². The van der Waals surface area contributed by atoms with Crippen LogP contribution in [0.4, 0.5) is 8.78 Å². The first kappa shape index (κ1) is 16.2. The second-order valence-electron chi connectivity index (χ2n) is 3.01. The Morgan fingerprint density at radius 3 is 1.77 bits per heavy atom. The van der Waals surface area contributed by atoms with Crippen molar-refractivity contribution in [1.29, 1.82) is 0 Å². The third-order valence-corrected chi connectivity index (χ3v) is 2.68. The largest absolute Gasteiger partial charge is 1.00 e. The van der Waals surface area contributed by atoms with E-state index in [1.54, 1.807) is 0 Å². The van der Waals surface area contributed by atoms with E-state index in [0.717, 1.165) is 13.8 Å². The average Bonchev–Trinajstić information content (AvgIpc) is 1.85. The summed E-state index contributed by atoms with van der Waals surface area (Å²) in [5.74, 6) is 0. The summed E-state index contributed by atoms with van der Waals surface area (Å²) in [7, 11) is -5.72. The van der Waals surface area contributed by atoms with E-state index >= 15 is 0 Å². The molecular weight excluding hydrogens is 217 g/mol. The van der Waals surface area contributed by atoms with Gasteiger partial charge in [-0.3, -0.25) is 0 Å². The van der Waals surface area contributed by atoms with Crippen LogP contribution in [0.3, 0.4) is 0 Å². The topological polar surface area (TPSA) is 77.4 Å². The van der Waals surface area contributed by atoms with Gasteiger partial charge in [0.05, 0.1) is 12.0 Å². The number of aliphatic hydroxyl groups is 1. The minimum Gasteiger partial charge on any atom is -0.743 e. The maximum absolute atomic E-state index is 12.6. The first-order valence-corrected chi connectivity index (χ1v) is 4.41. The van der Waals surface area contributed by atoms with E-state index in [9.17, 15) is 21.8 Å². The Labute approximate surface area is 97.4 Å². The molecule has 13 heavy (non-hydrogen) atoms. The van der Waals surface area contributed by atoms with Crippen LogP contribution in [0.25, 0.3) is 0 Å². The zero-order chi connectivity index (χ0) is 10.2. The molecule has 74 valence electrons. The molecule has 0 unspecified atom stereocenters.